The third kappa shape index (κ3) is 6.25. The van der Waals surface area contributed by atoms with E-state index in [1.807, 2.05) is 36.4 Å². The number of carbonyl (C=O) groups excluding carboxylic acids is 1. The van der Waals surface area contributed by atoms with E-state index in [1.165, 1.54) is 18.2 Å². The van der Waals surface area contributed by atoms with Gasteiger partial charge in [-0.3, -0.25) is 4.79 Å². The molecule has 0 aromatic heterocycles. The average molecular weight is 544 g/mol. The first-order valence-corrected chi connectivity index (χ1v) is 12.8. The molecule has 1 aliphatic heterocycles. The summed E-state index contributed by atoms with van der Waals surface area (Å²) in [6.45, 7) is -1.58. The molecule has 206 valence electrons. The van der Waals surface area contributed by atoms with Gasteiger partial charge in [-0.05, 0) is 60.6 Å². The van der Waals surface area contributed by atoms with Gasteiger partial charge < -0.3 is 19.5 Å². The molecule has 1 aliphatic carbocycles. The highest BCUT2D eigenvalue weighted by atomic mass is 19.3. The Labute approximate surface area is 224 Å². The van der Waals surface area contributed by atoms with Gasteiger partial charge in [0.1, 0.15) is 12.4 Å². The summed E-state index contributed by atoms with van der Waals surface area (Å²) >= 11 is 0. The minimum Gasteiger partial charge on any atom is -0.434 e. The van der Waals surface area contributed by atoms with Crippen molar-refractivity contribution in [1.29, 1.82) is 0 Å². The highest BCUT2D eigenvalue weighted by Crippen LogP contribution is 2.42. The van der Waals surface area contributed by atoms with Crippen molar-refractivity contribution in [3.05, 3.63) is 100 Å². The Morgan fingerprint density at radius 1 is 1.08 bits per heavy atom. The highest BCUT2D eigenvalue weighted by Gasteiger charge is 2.38. The van der Waals surface area contributed by atoms with E-state index in [0.29, 0.717) is 12.2 Å². The molecule has 5 rings (SSSR count). The number of fused-ring (bicyclic) bond motifs is 1. The number of alkyl halides is 4. The van der Waals surface area contributed by atoms with Crippen molar-refractivity contribution < 1.29 is 36.6 Å². The lowest BCUT2D eigenvalue weighted by atomic mass is 9.77. The summed E-state index contributed by atoms with van der Waals surface area (Å²) in [7, 11) is 0. The second kappa shape index (κ2) is 11.4. The lowest BCUT2D eigenvalue weighted by molar-refractivity contribution is -0.103. The van der Waals surface area contributed by atoms with Crippen LogP contribution in [0.1, 0.15) is 69.9 Å². The molecule has 0 unspecified atom stereocenters. The molecule has 0 spiro atoms. The standard InChI is InChI=1S/C30H29F4NO4/c1-18(35-28(36)21-8-10-26-23(11-21)16-37-17-30(26,33)34)25-9-7-20(14-27(25)39-29(31)32)22-12-24(13-22)38-15-19-5-3-2-4-6-19/h2-11,14,18,22,24,29H,12-13,15-17H2,1H3,(H,35,36)/t18-,22?,24?/m0/s1. The molecule has 1 saturated carbocycles. The summed E-state index contributed by atoms with van der Waals surface area (Å²) in [5, 5.41) is 2.76. The maximum atomic E-state index is 14.1. The van der Waals surface area contributed by atoms with Gasteiger partial charge in [0.05, 0.1) is 25.4 Å². The fourth-order valence-electron chi connectivity index (χ4n) is 5.06. The third-order valence-electron chi connectivity index (χ3n) is 7.26. The van der Waals surface area contributed by atoms with Crippen LogP contribution in [0.4, 0.5) is 17.6 Å². The Morgan fingerprint density at radius 3 is 2.59 bits per heavy atom. The van der Waals surface area contributed by atoms with E-state index >= 15 is 0 Å². The highest BCUT2D eigenvalue weighted by molar-refractivity contribution is 5.94. The summed E-state index contributed by atoms with van der Waals surface area (Å²) in [4.78, 5) is 12.9. The molecule has 0 saturated heterocycles. The van der Waals surface area contributed by atoms with E-state index < -0.39 is 31.1 Å². The normalized spacial score (nSPS) is 20.6. The molecule has 39 heavy (non-hydrogen) atoms. The van der Waals surface area contributed by atoms with Crippen molar-refractivity contribution in [1.82, 2.24) is 5.32 Å². The summed E-state index contributed by atoms with van der Waals surface area (Å²) in [5.74, 6) is -3.50. The van der Waals surface area contributed by atoms with Gasteiger partial charge in [0.25, 0.3) is 11.8 Å². The van der Waals surface area contributed by atoms with E-state index in [1.54, 1.807) is 19.1 Å². The molecule has 1 heterocycles. The number of hydrogen-bond acceptors (Lipinski definition) is 4. The lowest BCUT2D eigenvalue weighted by Crippen LogP contribution is -2.30. The van der Waals surface area contributed by atoms with Crippen molar-refractivity contribution in [3.63, 3.8) is 0 Å². The zero-order valence-electron chi connectivity index (χ0n) is 21.3. The molecular weight excluding hydrogens is 514 g/mol. The number of nitrogens with one attached hydrogen (secondary N) is 1. The third-order valence-corrected chi connectivity index (χ3v) is 7.26. The van der Waals surface area contributed by atoms with Crippen LogP contribution in [0.3, 0.4) is 0 Å². The van der Waals surface area contributed by atoms with Crippen molar-refractivity contribution >= 4 is 5.91 Å². The largest absolute Gasteiger partial charge is 0.434 e. The first-order valence-electron chi connectivity index (χ1n) is 12.8. The quantitative estimate of drug-likeness (QED) is 0.300. The second-order valence-electron chi connectivity index (χ2n) is 10.0. The molecule has 1 fully saturated rings. The van der Waals surface area contributed by atoms with Crippen LogP contribution in [0.15, 0.2) is 66.7 Å². The Morgan fingerprint density at radius 2 is 1.85 bits per heavy atom. The van der Waals surface area contributed by atoms with Crippen molar-refractivity contribution in [2.24, 2.45) is 0 Å². The Bertz CT molecular complexity index is 1310. The summed E-state index contributed by atoms with van der Waals surface area (Å²) in [5.41, 5.74) is 2.59. The smallest absolute Gasteiger partial charge is 0.387 e. The molecule has 5 nitrogen and oxygen atoms in total. The van der Waals surface area contributed by atoms with Crippen LogP contribution < -0.4 is 10.1 Å². The van der Waals surface area contributed by atoms with Crippen molar-refractivity contribution in [2.45, 2.75) is 63.6 Å². The number of benzene rings is 3. The zero-order chi connectivity index (χ0) is 27.6. The summed E-state index contributed by atoms with van der Waals surface area (Å²) < 4.78 is 70.4. The Balaban J connectivity index is 1.24. The van der Waals surface area contributed by atoms with Gasteiger partial charge in [-0.25, -0.2) is 0 Å². The number of carbonyl (C=O) groups is 1. The molecular formula is C30H29F4NO4. The molecule has 1 N–H and O–H groups in total. The minimum absolute atomic E-state index is 0.0116. The van der Waals surface area contributed by atoms with Crippen LogP contribution >= 0.6 is 0 Å². The van der Waals surface area contributed by atoms with Crippen LogP contribution in [-0.2, 0) is 28.6 Å². The number of amides is 1. The average Bonchev–Trinajstić information content (AvgIpc) is 2.87. The fourth-order valence-corrected chi connectivity index (χ4v) is 5.06. The van der Waals surface area contributed by atoms with E-state index in [4.69, 9.17) is 14.2 Å². The molecule has 0 radical (unpaired) electrons. The molecule has 3 aromatic rings. The molecule has 3 aromatic carbocycles. The Hall–Kier alpha value is -3.43. The predicted octanol–water partition coefficient (Wildman–Crippen LogP) is 6.86. The van der Waals surface area contributed by atoms with E-state index in [0.717, 1.165) is 24.0 Å². The maximum Gasteiger partial charge on any atom is 0.387 e. The number of rotatable bonds is 9. The van der Waals surface area contributed by atoms with Gasteiger partial charge >= 0.3 is 6.61 Å². The maximum absolute atomic E-state index is 14.1. The van der Waals surface area contributed by atoms with Gasteiger partial charge in [0.2, 0.25) is 0 Å². The van der Waals surface area contributed by atoms with Gasteiger partial charge in [-0.15, -0.1) is 0 Å². The predicted molar refractivity (Wildman–Crippen MR) is 136 cm³/mol. The number of ether oxygens (including phenoxy) is 3. The number of halogens is 4. The van der Waals surface area contributed by atoms with Crippen LogP contribution in [0.25, 0.3) is 0 Å². The van der Waals surface area contributed by atoms with Crippen molar-refractivity contribution in [3.8, 4) is 5.75 Å². The van der Waals surface area contributed by atoms with Crippen LogP contribution in [-0.4, -0.2) is 25.2 Å². The van der Waals surface area contributed by atoms with Crippen LogP contribution in [0, 0.1) is 0 Å². The Kier molecular flexibility index (Phi) is 7.91. The van der Waals surface area contributed by atoms with E-state index in [2.05, 4.69) is 5.32 Å². The topological polar surface area (TPSA) is 56.8 Å². The first-order chi connectivity index (χ1) is 18.7. The monoisotopic (exact) mass is 543 g/mol. The van der Waals surface area contributed by atoms with Crippen LogP contribution in [0.5, 0.6) is 5.75 Å². The van der Waals surface area contributed by atoms with Crippen molar-refractivity contribution in [2.75, 3.05) is 6.61 Å². The summed E-state index contributed by atoms with van der Waals surface area (Å²) in [6.07, 6.45) is 1.64. The zero-order valence-corrected chi connectivity index (χ0v) is 21.3. The second-order valence-corrected chi connectivity index (χ2v) is 10.0. The minimum atomic E-state index is -3.12. The van der Waals surface area contributed by atoms with E-state index in [9.17, 15) is 22.4 Å². The molecule has 9 heteroatoms. The number of hydrogen-bond donors (Lipinski definition) is 1. The van der Waals surface area contributed by atoms with Crippen LogP contribution in [0.2, 0.25) is 0 Å². The molecule has 0 bridgehead atoms. The lowest BCUT2D eigenvalue weighted by Gasteiger charge is -2.36. The summed E-state index contributed by atoms with van der Waals surface area (Å²) in [6, 6.07) is 18.2. The molecule has 2 aliphatic rings. The molecule has 1 atom stereocenters. The van der Waals surface area contributed by atoms with Gasteiger partial charge in [-0.1, -0.05) is 48.5 Å². The van der Waals surface area contributed by atoms with Gasteiger partial charge in [0, 0.05) is 16.7 Å². The first kappa shape index (κ1) is 27.1. The van der Waals surface area contributed by atoms with Gasteiger partial charge in [0.15, 0.2) is 0 Å². The van der Waals surface area contributed by atoms with Gasteiger partial charge in [-0.2, -0.15) is 17.6 Å². The van der Waals surface area contributed by atoms with E-state index in [-0.39, 0.29) is 41.1 Å². The fraction of sp³-hybridized carbons (Fsp3) is 0.367. The SMILES string of the molecule is C[C@H](NC(=O)c1ccc2c(c1)COCC2(F)F)c1ccc(C2CC(OCc3ccccc3)C2)cc1OC(F)F. The molecule has 1 amide bonds.